The summed E-state index contributed by atoms with van der Waals surface area (Å²) < 4.78 is 0. The maximum absolute atomic E-state index is 5.93. The lowest BCUT2D eigenvalue weighted by Crippen LogP contribution is -2.46. The summed E-state index contributed by atoms with van der Waals surface area (Å²) in [5, 5.41) is 7.68. The maximum Gasteiger partial charge on any atom is 0.244 e. The van der Waals surface area contributed by atoms with Crippen molar-refractivity contribution in [3.8, 4) is 0 Å². The summed E-state index contributed by atoms with van der Waals surface area (Å²) in [7, 11) is 0. The highest BCUT2D eigenvalue weighted by atomic mass is 15.4. The van der Waals surface area contributed by atoms with Gasteiger partial charge in [-0.1, -0.05) is 13.3 Å². The Morgan fingerprint density at radius 3 is 2.90 bits per heavy atom. The normalized spacial score (nSPS) is 39.9. The Morgan fingerprint density at radius 1 is 1.35 bits per heavy atom. The van der Waals surface area contributed by atoms with Crippen LogP contribution in [0.25, 0.3) is 0 Å². The molecular weight excluding hydrogens is 250 g/mol. The molecule has 5 heteroatoms. The van der Waals surface area contributed by atoms with E-state index >= 15 is 0 Å². The van der Waals surface area contributed by atoms with Crippen molar-refractivity contribution in [3.63, 3.8) is 0 Å². The van der Waals surface area contributed by atoms with Gasteiger partial charge in [-0.15, -0.1) is 5.10 Å². The van der Waals surface area contributed by atoms with Crippen LogP contribution in [0.3, 0.4) is 0 Å². The van der Waals surface area contributed by atoms with Crippen LogP contribution in [0, 0.1) is 17.3 Å². The second-order valence-electron chi connectivity index (χ2n) is 7.34. The summed E-state index contributed by atoms with van der Waals surface area (Å²) in [6.07, 6.45) is 6.59. The van der Waals surface area contributed by atoms with Crippen molar-refractivity contribution in [1.82, 2.24) is 15.2 Å². The molecule has 1 aromatic heterocycles. The third-order valence-electron chi connectivity index (χ3n) is 5.77. The zero-order chi connectivity index (χ0) is 13.7. The number of nitrogens with one attached hydrogen (secondary N) is 1. The van der Waals surface area contributed by atoms with Gasteiger partial charge in [0.15, 0.2) is 0 Å². The fourth-order valence-electron chi connectivity index (χ4n) is 4.44. The molecule has 3 N–H and O–H groups in total. The van der Waals surface area contributed by atoms with Gasteiger partial charge in [0.1, 0.15) is 5.82 Å². The van der Waals surface area contributed by atoms with Crippen LogP contribution in [0.4, 0.5) is 5.95 Å². The first-order valence-corrected chi connectivity index (χ1v) is 8.07. The van der Waals surface area contributed by atoms with Crippen molar-refractivity contribution in [3.05, 3.63) is 5.82 Å². The van der Waals surface area contributed by atoms with E-state index < -0.39 is 0 Å². The molecule has 2 heterocycles. The van der Waals surface area contributed by atoms with E-state index in [2.05, 4.69) is 22.0 Å². The van der Waals surface area contributed by atoms with Gasteiger partial charge in [-0.3, -0.25) is 5.10 Å². The van der Waals surface area contributed by atoms with E-state index in [1.54, 1.807) is 0 Å². The first-order valence-electron chi connectivity index (χ1n) is 8.07. The summed E-state index contributed by atoms with van der Waals surface area (Å²) in [5.74, 6) is 4.49. The van der Waals surface area contributed by atoms with E-state index in [4.69, 9.17) is 10.7 Å². The highest BCUT2D eigenvalue weighted by molar-refractivity contribution is 5.32. The first kappa shape index (κ1) is 12.6. The van der Waals surface area contributed by atoms with Gasteiger partial charge >= 0.3 is 0 Å². The fourth-order valence-corrected chi connectivity index (χ4v) is 4.44. The molecule has 2 saturated carbocycles. The maximum atomic E-state index is 5.93. The van der Waals surface area contributed by atoms with Crippen LogP contribution >= 0.6 is 0 Å². The molecule has 2 aliphatic carbocycles. The van der Waals surface area contributed by atoms with Crippen molar-refractivity contribution in [1.29, 1.82) is 0 Å². The Balaban J connectivity index is 1.48. The number of nitrogens with two attached hydrogens (primary N) is 1. The van der Waals surface area contributed by atoms with E-state index in [9.17, 15) is 0 Å². The standard InChI is InChI=1S/C15H25N5/c1-15(8-16)6-3-7-20(9-15)14-17-13(18-19-14)12-10-4-2-5-11(10)12/h10-12H,2-9,16H2,1H3,(H,17,18,19). The largest absolute Gasteiger partial charge is 0.339 e. The average molecular weight is 275 g/mol. The predicted molar refractivity (Wildman–Crippen MR) is 78.6 cm³/mol. The quantitative estimate of drug-likeness (QED) is 0.883. The lowest BCUT2D eigenvalue weighted by atomic mass is 9.82. The monoisotopic (exact) mass is 275 g/mol. The van der Waals surface area contributed by atoms with Crippen LogP contribution in [0.5, 0.6) is 0 Å². The highest BCUT2D eigenvalue weighted by Crippen LogP contribution is 2.62. The second kappa shape index (κ2) is 4.45. The molecule has 1 aliphatic heterocycles. The summed E-state index contributed by atoms with van der Waals surface area (Å²) in [6.45, 7) is 5.06. The van der Waals surface area contributed by atoms with Crippen LogP contribution in [0.2, 0.25) is 0 Å². The Morgan fingerprint density at radius 2 is 2.15 bits per heavy atom. The van der Waals surface area contributed by atoms with Crippen LogP contribution in [-0.2, 0) is 0 Å². The van der Waals surface area contributed by atoms with Gasteiger partial charge in [-0.25, -0.2) is 0 Å². The number of nitrogens with zero attached hydrogens (tertiary/aromatic N) is 3. The number of rotatable bonds is 3. The molecule has 1 saturated heterocycles. The molecule has 0 amide bonds. The fraction of sp³-hybridized carbons (Fsp3) is 0.867. The summed E-state index contributed by atoms with van der Waals surface area (Å²) in [4.78, 5) is 7.11. The van der Waals surface area contributed by atoms with Crippen molar-refractivity contribution < 1.29 is 0 Å². The molecule has 110 valence electrons. The first-order chi connectivity index (χ1) is 9.70. The molecule has 3 unspecified atom stereocenters. The van der Waals surface area contributed by atoms with Gasteiger partial charge in [-0.05, 0) is 49.5 Å². The molecule has 0 bridgehead atoms. The zero-order valence-corrected chi connectivity index (χ0v) is 12.3. The van der Waals surface area contributed by atoms with Crippen LogP contribution in [-0.4, -0.2) is 34.8 Å². The van der Waals surface area contributed by atoms with Crippen molar-refractivity contribution in [2.75, 3.05) is 24.5 Å². The molecule has 0 radical (unpaired) electrons. The topological polar surface area (TPSA) is 70.8 Å². The second-order valence-corrected chi connectivity index (χ2v) is 7.34. The molecule has 20 heavy (non-hydrogen) atoms. The Kier molecular flexibility index (Phi) is 2.81. The minimum Gasteiger partial charge on any atom is -0.339 e. The Hall–Kier alpha value is -1.10. The molecule has 3 aliphatic rings. The van der Waals surface area contributed by atoms with E-state index in [0.29, 0.717) is 5.92 Å². The Bertz CT molecular complexity index is 488. The number of fused-ring (bicyclic) bond motifs is 1. The van der Waals surface area contributed by atoms with Gasteiger partial charge in [0.25, 0.3) is 0 Å². The number of aromatic amines is 1. The minimum atomic E-state index is 0.217. The molecule has 4 rings (SSSR count). The van der Waals surface area contributed by atoms with Gasteiger partial charge in [0.05, 0.1) is 0 Å². The van der Waals surface area contributed by atoms with Crippen molar-refractivity contribution >= 4 is 5.95 Å². The van der Waals surface area contributed by atoms with Crippen molar-refractivity contribution in [2.24, 2.45) is 23.0 Å². The Labute approximate surface area is 120 Å². The minimum absolute atomic E-state index is 0.217. The van der Waals surface area contributed by atoms with Crippen LogP contribution in [0.1, 0.15) is 50.8 Å². The molecule has 3 atom stereocenters. The number of aromatic nitrogens is 3. The van der Waals surface area contributed by atoms with E-state index in [1.165, 1.54) is 32.1 Å². The molecule has 3 fully saturated rings. The van der Waals surface area contributed by atoms with Gasteiger partial charge in [0.2, 0.25) is 5.95 Å². The smallest absolute Gasteiger partial charge is 0.244 e. The number of hydrogen-bond donors (Lipinski definition) is 2. The van der Waals surface area contributed by atoms with E-state index in [0.717, 1.165) is 43.2 Å². The van der Waals surface area contributed by atoms with Gasteiger partial charge in [-0.2, -0.15) is 4.98 Å². The summed E-state index contributed by atoms with van der Waals surface area (Å²) >= 11 is 0. The highest BCUT2D eigenvalue weighted by Gasteiger charge is 2.55. The number of H-pyrrole nitrogens is 1. The molecule has 1 aromatic rings. The lowest BCUT2D eigenvalue weighted by molar-refractivity contribution is 0.270. The molecule has 5 nitrogen and oxygen atoms in total. The van der Waals surface area contributed by atoms with E-state index in [1.807, 2.05) is 0 Å². The third-order valence-corrected chi connectivity index (χ3v) is 5.77. The predicted octanol–water partition coefficient (Wildman–Crippen LogP) is 1.88. The van der Waals surface area contributed by atoms with E-state index in [-0.39, 0.29) is 5.41 Å². The molecule has 0 aromatic carbocycles. The lowest BCUT2D eigenvalue weighted by Gasteiger charge is -2.39. The number of hydrogen-bond acceptors (Lipinski definition) is 4. The van der Waals surface area contributed by atoms with Crippen LogP contribution < -0.4 is 10.6 Å². The van der Waals surface area contributed by atoms with Gasteiger partial charge < -0.3 is 10.6 Å². The third kappa shape index (κ3) is 1.94. The molecule has 0 spiro atoms. The zero-order valence-electron chi connectivity index (χ0n) is 12.3. The number of anilines is 1. The number of piperidine rings is 1. The summed E-state index contributed by atoms with van der Waals surface area (Å²) in [5.41, 5.74) is 6.15. The summed E-state index contributed by atoms with van der Waals surface area (Å²) in [6, 6.07) is 0. The molecular formula is C15H25N5. The van der Waals surface area contributed by atoms with Gasteiger partial charge in [0, 0.05) is 19.0 Å². The SMILES string of the molecule is CC1(CN)CCCN(c2n[nH]c(C3C4CCCC43)n2)C1. The van der Waals surface area contributed by atoms with Crippen LogP contribution in [0.15, 0.2) is 0 Å². The average Bonchev–Trinajstić information content (AvgIpc) is 2.90. The van der Waals surface area contributed by atoms with Crippen molar-refractivity contribution in [2.45, 2.75) is 44.9 Å².